The maximum atomic E-state index is 13.2. The highest BCUT2D eigenvalue weighted by Crippen LogP contribution is 2.30. The van der Waals surface area contributed by atoms with Crippen LogP contribution in [0.1, 0.15) is 13.3 Å². The minimum Gasteiger partial charge on any atom is -0.483 e. The van der Waals surface area contributed by atoms with Gasteiger partial charge in [-0.1, -0.05) is 6.92 Å². The van der Waals surface area contributed by atoms with Crippen molar-refractivity contribution in [1.29, 1.82) is 0 Å². The highest BCUT2D eigenvalue weighted by atomic mass is 19.1. The van der Waals surface area contributed by atoms with Crippen molar-refractivity contribution in [3.8, 4) is 5.75 Å². The quantitative estimate of drug-likeness (QED) is 0.745. The van der Waals surface area contributed by atoms with Gasteiger partial charge in [0.1, 0.15) is 17.6 Å². The van der Waals surface area contributed by atoms with E-state index in [1.54, 1.807) is 0 Å². The number of hydrogen-bond acceptors (Lipinski definition) is 5. The number of benzene rings is 1. The molecule has 1 aromatic carbocycles. The Balaban J connectivity index is 2.07. The minimum absolute atomic E-state index is 0.0718. The van der Waals surface area contributed by atoms with Gasteiger partial charge in [0.05, 0.1) is 13.2 Å². The average molecular weight is 269 g/mol. The molecule has 19 heavy (non-hydrogen) atoms. The average Bonchev–Trinajstić information content (AvgIpc) is 2.84. The molecule has 1 fully saturated rings. The van der Waals surface area contributed by atoms with Crippen LogP contribution in [0.3, 0.4) is 0 Å². The van der Waals surface area contributed by atoms with Crippen LogP contribution in [-0.2, 0) is 9.47 Å². The van der Waals surface area contributed by atoms with Gasteiger partial charge in [0.2, 0.25) is 0 Å². The molecule has 1 aliphatic rings. The van der Waals surface area contributed by atoms with Gasteiger partial charge in [-0.25, -0.2) is 4.39 Å². The van der Waals surface area contributed by atoms with Gasteiger partial charge >= 0.3 is 0 Å². The van der Waals surface area contributed by atoms with Crippen molar-refractivity contribution < 1.29 is 18.6 Å². The Hall–Kier alpha value is -1.53. The van der Waals surface area contributed by atoms with E-state index < -0.39 is 5.82 Å². The molecule has 1 heterocycles. The molecule has 2 unspecified atom stereocenters. The van der Waals surface area contributed by atoms with E-state index in [4.69, 9.17) is 14.2 Å². The van der Waals surface area contributed by atoms with Gasteiger partial charge in [-0.05, 0) is 23.7 Å². The smallest absolute Gasteiger partial charge is 0.152 e. The number of rotatable bonds is 6. The zero-order valence-corrected chi connectivity index (χ0v) is 10.7. The maximum Gasteiger partial charge on any atom is 0.152 e. The van der Waals surface area contributed by atoms with Crippen LogP contribution in [0, 0.1) is 10.7 Å². The maximum absolute atomic E-state index is 13.2. The van der Waals surface area contributed by atoms with Crippen molar-refractivity contribution >= 4 is 5.69 Å². The summed E-state index contributed by atoms with van der Waals surface area (Å²) in [7, 11) is 0. The third-order valence-electron chi connectivity index (χ3n) is 2.81. The summed E-state index contributed by atoms with van der Waals surface area (Å²) >= 11 is 0. The van der Waals surface area contributed by atoms with Crippen LogP contribution in [0.4, 0.5) is 10.1 Å². The molecule has 0 aromatic heterocycles. The number of ether oxygens (including phenoxy) is 3. The van der Waals surface area contributed by atoms with Crippen LogP contribution >= 0.6 is 0 Å². The number of nitrogens with zero attached hydrogens (tertiary/aromatic N) is 1. The molecule has 1 aliphatic heterocycles. The molecular weight excluding hydrogens is 253 g/mol. The van der Waals surface area contributed by atoms with Crippen LogP contribution in [0.25, 0.3) is 0 Å². The normalized spacial score (nSPS) is 22.4. The van der Waals surface area contributed by atoms with Crippen molar-refractivity contribution in [2.45, 2.75) is 25.6 Å². The van der Waals surface area contributed by atoms with Gasteiger partial charge in [0.25, 0.3) is 0 Å². The van der Waals surface area contributed by atoms with Gasteiger partial charge in [-0.2, -0.15) is 0 Å². The second-order valence-electron chi connectivity index (χ2n) is 4.31. The molecule has 104 valence electrons. The second-order valence-corrected chi connectivity index (χ2v) is 4.31. The number of hydrogen-bond donors (Lipinski definition) is 0. The van der Waals surface area contributed by atoms with E-state index in [0.29, 0.717) is 19.8 Å². The van der Waals surface area contributed by atoms with E-state index in [1.165, 1.54) is 12.1 Å². The SMILES string of the molecule is CCCOC1COCC1Oc1cc(F)ccc1N=O. The summed E-state index contributed by atoms with van der Waals surface area (Å²) in [5.74, 6) is -0.358. The van der Waals surface area contributed by atoms with Gasteiger partial charge in [0.15, 0.2) is 11.9 Å². The molecular formula is C13H16FNO4. The first-order valence-electron chi connectivity index (χ1n) is 6.23. The predicted octanol–water partition coefficient (Wildman–Crippen LogP) is 2.80. The fraction of sp³-hybridized carbons (Fsp3) is 0.538. The van der Waals surface area contributed by atoms with Crippen molar-refractivity contribution in [2.75, 3.05) is 19.8 Å². The van der Waals surface area contributed by atoms with E-state index in [0.717, 1.165) is 12.5 Å². The van der Waals surface area contributed by atoms with Gasteiger partial charge in [0, 0.05) is 12.7 Å². The summed E-state index contributed by atoms with van der Waals surface area (Å²) in [6, 6.07) is 3.60. The Morgan fingerprint density at radius 1 is 1.42 bits per heavy atom. The first-order valence-corrected chi connectivity index (χ1v) is 6.23. The van der Waals surface area contributed by atoms with E-state index in [9.17, 15) is 9.30 Å². The van der Waals surface area contributed by atoms with E-state index in [2.05, 4.69) is 5.18 Å². The standard InChI is InChI=1S/C13H16FNO4/c1-2-5-18-12-7-17-8-13(12)19-11-6-9(14)3-4-10(11)15-16/h3-4,6,12-13H,2,5,7-8H2,1H3. The lowest BCUT2D eigenvalue weighted by Crippen LogP contribution is -2.32. The number of nitroso groups, excluding NO2 is 1. The third-order valence-corrected chi connectivity index (χ3v) is 2.81. The lowest BCUT2D eigenvalue weighted by atomic mass is 10.2. The van der Waals surface area contributed by atoms with E-state index in [1.807, 2.05) is 6.92 Å². The zero-order valence-electron chi connectivity index (χ0n) is 10.7. The molecule has 5 nitrogen and oxygen atoms in total. The summed E-state index contributed by atoms with van der Waals surface area (Å²) in [6.45, 7) is 3.40. The molecule has 2 atom stereocenters. The largest absolute Gasteiger partial charge is 0.483 e. The van der Waals surface area contributed by atoms with Crippen LogP contribution in [0.15, 0.2) is 23.4 Å². The molecule has 1 aromatic rings. The fourth-order valence-electron chi connectivity index (χ4n) is 1.87. The van der Waals surface area contributed by atoms with Crippen LogP contribution in [-0.4, -0.2) is 32.0 Å². The van der Waals surface area contributed by atoms with Gasteiger partial charge in [-0.15, -0.1) is 4.91 Å². The zero-order chi connectivity index (χ0) is 13.7. The summed E-state index contributed by atoms with van der Waals surface area (Å²) in [5, 5.41) is 2.82. The summed E-state index contributed by atoms with van der Waals surface area (Å²) < 4.78 is 29.7. The van der Waals surface area contributed by atoms with Crippen LogP contribution < -0.4 is 4.74 Å². The molecule has 0 saturated carbocycles. The van der Waals surface area contributed by atoms with Gasteiger partial charge < -0.3 is 14.2 Å². The van der Waals surface area contributed by atoms with Crippen LogP contribution in [0.2, 0.25) is 0 Å². The van der Waals surface area contributed by atoms with E-state index >= 15 is 0 Å². The molecule has 0 spiro atoms. The van der Waals surface area contributed by atoms with Crippen molar-refractivity contribution in [1.82, 2.24) is 0 Å². The monoisotopic (exact) mass is 269 g/mol. The Morgan fingerprint density at radius 3 is 2.95 bits per heavy atom. The minimum atomic E-state index is -0.479. The summed E-state index contributed by atoms with van der Waals surface area (Å²) in [4.78, 5) is 10.7. The Bertz CT molecular complexity index is 441. The fourth-order valence-corrected chi connectivity index (χ4v) is 1.87. The molecule has 0 amide bonds. The van der Waals surface area contributed by atoms with Crippen molar-refractivity contribution in [2.24, 2.45) is 5.18 Å². The Morgan fingerprint density at radius 2 is 2.21 bits per heavy atom. The third kappa shape index (κ3) is 3.48. The highest BCUT2D eigenvalue weighted by Gasteiger charge is 2.31. The Kier molecular flexibility index (Phi) is 4.81. The molecule has 0 bridgehead atoms. The molecule has 0 aliphatic carbocycles. The molecule has 0 radical (unpaired) electrons. The molecule has 2 rings (SSSR count). The predicted molar refractivity (Wildman–Crippen MR) is 67.1 cm³/mol. The molecule has 0 N–H and O–H groups in total. The Labute approximate surface area is 110 Å². The first kappa shape index (κ1) is 13.9. The first-order chi connectivity index (χ1) is 9.24. The highest BCUT2D eigenvalue weighted by molar-refractivity contribution is 5.51. The van der Waals surface area contributed by atoms with Crippen LogP contribution in [0.5, 0.6) is 5.75 Å². The molecule has 1 saturated heterocycles. The van der Waals surface area contributed by atoms with Crippen molar-refractivity contribution in [3.05, 3.63) is 28.9 Å². The van der Waals surface area contributed by atoms with Gasteiger partial charge in [-0.3, -0.25) is 0 Å². The topological polar surface area (TPSA) is 57.1 Å². The lowest BCUT2D eigenvalue weighted by molar-refractivity contribution is 0.000174. The second kappa shape index (κ2) is 6.58. The number of halogens is 1. The van der Waals surface area contributed by atoms with E-state index in [-0.39, 0.29) is 23.6 Å². The van der Waals surface area contributed by atoms with Crippen molar-refractivity contribution in [3.63, 3.8) is 0 Å². The molecule has 6 heteroatoms. The lowest BCUT2D eigenvalue weighted by Gasteiger charge is -2.20. The summed E-state index contributed by atoms with van der Waals surface area (Å²) in [5.41, 5.74) is 0.0718. The summed E-state index contributed by atoms with van der Waals surface area (Å²) in [6.07, 6.45) is 0.334.